The Balaban J connectivity index is 1.51. The van der Waals surface area contributed by atoms with Crippen LogP contribution in [-0.4, -0.2) is 6.61 Å². The van der Waals surface area contributed by atoms with Crippen molar-refractivity contribution in [3.8, 4) is 28.7 Å². The molecular weight excluding hydrogens is 340 g/mol. The molecule has 1 aliphatic carbocycles. The fourth-order valence-electron chi connectivity index (χ4n) is 4.12. The predicted octanol–water partition coefficient (Wildman–Crippen LogP) is 7.49. The lowest BCUT2D eigenvalue weighted by Gasteiger charge is -2.25. The van der Waals surface area contributed by atoms with Crippen LogP contribution in [0, 0.1) is 23.7 Å². The SMILES string of the molecule is CCCCC[C@H]1CC[C@H](C#Cc2ccc(-c3ccc(OCC)cc3)cc2)CC1. The molecule has 28 heavy (non-hydrogen) atoms. The highest BCUT2D eigenvalue weighted by atomic mass is 16.5. The van der Waals surface area contributed by atoms with Gasteiger partial charge in [0.2, 0.25) is 0 Å². The summed E-state index contributed by atoms with van der Waals surface area (Å²) in [6.45, 7) is 5.00. The molecule has 1 aliphatic rings. The first-order valence-electron chi connectivity index (χ1n) is 11.1. The molecule has 2 aromatic carbocycles. The summed E-state index contributed by atoms with van der Waals surface area (Å²) in [5.41, 5.74) is 3.56. The molecule has 1 saturated carbocycles. The summed E-state index contributed by atoms with van der Waals surface area (Å²) in [5.74, 6) is 9.43. The maximum Gasteiger partial charge on any atom is 0.119 e. The molecule has 148 valence electrons. The minimum absolute atomic E-state index is 0.591. The van der Waals surface area contributed by atoms with Gasteiger partial charge in [-0.1, -0.05) is 68.7 Å². The lowest BCUT2D eigenvalue weighted by atomic mass is 9.80. The molecule has 0 radical (unpaired) electrons. The molecule has 1 fully saturated rings. The molecule has 1 nitrogen and oxygen atoms in total. The number of unbranched alkanes of at least 4 members (excludes halogenated alkanes) is 2. The number of rotatable bonds is 7. The van der Waals surface area contributed by atoms with Crippen LogP contribution in [0.1, 0.15) is 70.8 Å². The van der Waals surface area contributed by atoms with Crippen LogP contribution in [-0.2, 0) is 0 Å². The van der Waals surface area contributed by atoms with E-state index in [1.165, 1.54) is 62.5 Å². The van der Waals surface area contributed by atoms with Gasteiger partial charge in [-0.15, -0.1) is 0 Å². The minimum atomic E-state index is 0.591. The number of benzene rings is 2. The van der Waals surface area contributed by atoms with Gasteiger partial charge in [0.25, 0.3) is 0 Å². The zero-order chi connectivity index (χ0) is 19.6. The highest BCUT2D eigenvalue weighted by molar-refractivity contribution is 5.65. The van der Waals surface area contributed by atoms with E-state index in [-0.39, 0.29) is 0 Å². The van der Waals surface area contributed by atoms with Crippen molar-refractivity contribution >= 4 is 0 Å². The van der Waals surface area contributed by atoms with E-state index in [4.69, 9.17) is 4.74 Å². The Morgan fingerprint density at radius 1 is 0.821 bits per heavy atom. The van der Waals surface area contributed by atoms with E-state index >= 15 is 0 Å². The molecule has 0 bridgehead atoms. The lowest BCUT2D eigenvalue weighted by Crippen LogP contribution is -2.13. The van der Waals surface area contributed by atoms with E-state index in [1.54, 1.807) is 0 Å². The quantitative estimate of drug-likeness (QED) is 0.360. The molecule has 0 amide bonds. The molecule has 0 aromatic heterocycles. The summed E-state index contributed by atoms with van der Waals surface area (Å²) in [6, 6.07) is 16.9. The summed E-state index contributed by atoms with van der Waals surface area (Å²) in [5, 5.41) is 0. The molecule has 0 unspecified atom stereocenters. The van der Waals surface area contributed by atoms with E-state index in [0.29, 0.717) is 12.5 Å². The van der Waals surface area contributed by atoms with Crippen molar-refractivity contribution in [2.24, 2.45) is 11.8 Å². The molecule has 2 aromatic rings. The predicted molar refractivity (Wildman–Crippen MR) is 120 cm³/mol. The van der Waals surface area contributed by atoms with Crippen molar-refractivity contribution in [3.63, 3.8) is 0 Å². The van der Waals surface area contributed by atoms with E-state index in [1.807, 2.05) is 19.1 Å². The first-order chi connectivity index (χ1) is 13.8. The summed E-state index contributed by atoms with van der Waals surface area (Å²) in [6.07, 6.45) is 10.9. The number of hydrogen-bond donors (Lipinski definition) is 0. The van der Waals surface area contributed by atoms with Crippen LogP contribution in [0.25, 0.3) is 11.1 Å². The minimum Gasteiger partial charge on any atom is -0.494 e. The normalized spacial score (nSPS) is 18.9. The molecular formula is C27H34O. The zero-order valence-electron chi connectivity index (χ0n) is 17.5. The van der Waals surface area contributed by atoms with Gasteiger partial charge in [-0.2, -0.15) is 0 Å². The molecule has 0 aliphatic heterocycles. The maximum absolute atomic E-state index is 5.52. The standard InChI is InChI=1S/C27H34O/c1-3-5-6-7-22-8-10-23(11-9-22)12-13-24-14-16-25(17-15-24)26-18-20-27(21-19-26)28-4-2/h14-23H,3-11H2,1-2H3/t22-,23-. The van der Waals surface area contributed by atoms with Crippen molar-refractivity contribution in [1.29, 1.82) is 0 Å². The largest absolute Gasteiger partial charge is 0.494 e. The second kappa shape index (κ2) is 11.0. The van der Waals surface area contributed by atoms with Gasteiger partial charge in [0, 0.05) is 11.5 Å². The molecule has 3 rings (SSSR count). The van der Waals surface area contributed by atoms with Crippen LogP contribution in [0.2, 0.25) is 0 Å². The fourth-order valence-corrected chi connectivity index (χ4v) is 4.12. The van der Waals surface area contributed by atoms with Gasteiger partial charge in [0.1, 0.15) is 5.75 Å². The van der Waals surface area contributed by atoms with E-state index in [2.05, 4.69) is 55.2 Å². The lowest BCUT2D eigenvalue weighted by molar-refractivity contribution is 0.294. The van der Waals surface area contributed by atoms with Crippen LogP contribution in [0.5, 0.6) is 5.75 Å². The third-order valence-corrected chi connectivity index (χ3v) is 5.87. The second-order valence-electron chi connectivity index (χ2n) is 8.02. The summed E-state index contributed by atoms with van der Waals surface area (Å²) in [4.78, 5) is 0. The van der Waals surface area contributed by atoms with Crippen molar-refractivity contribution < 1.29 is 4.74 Å². The number of ether oxygens (including phenoxy) is 1. The van der Waals surface area contributed by atoms with Gasteiger partial charge in [-0.3, -0.25) is 0 Å². The van der Waals surface area contributed by atoms with Crippen LogP contribution in [0.15, 0.2) is 48.5 Å². The van der Waals surface area contributed by atoms with Gasteiger partial charge in [-0.25, -0.2) is 0 Å². The zero-order valence-corrected chi connectivity index (χ0v) is 17.5. The summed E-state index contributed by atoms with van der Waals surface area (Å²) < 4.78 is 5.52. The van der Waals surface area contributed by atoms with Gasteiger partial charge < -0.3 is 4.74 Å². The monoisotopic (exact) mass is 374 g/mol. The van der Waals surface area contributed by atoms with Crippen LogP contribution in [0.4, 0.5) is 0 Å². The van der Waals surface area contributed by atoms with E-state index < -0.39 is 0 Å². The molecule has 0 atom stereocenters. The Hall–Kier alpha value is -2.20. The number of hydrogen-bond acceptors (Lipinski definition) is 1. The Kier molecular flexibility index (Phi) is 8.04. The molecule has 0 saturated heterocycles. The van der Waals surface area contributed by atoms with E-state index in [9.17, 15) is 0 Å². The van der Waals surface area contributed by atoms with Gasteiger partial charge >= 0.3 is 0 Å². The molecule has 1 heteroatoms. The van der Waals surface area contributed by atoms with Crippen molar-refractivity contribution in [2.45, 2.75) is 65.2 Å². The Bertz CT molecular complexity index is 753. The topological polar surface area (TPSA) is 9.23 Å². The van der Waals surface area contributed by atoms with Crippen molar-refractivity contribution in [2.75, 3.05) is 6.61 Å². The third kappa shape index (κ3) is 6.16. The average Bonchev–Trinajstić information content (AvgIpc) is 2.75. The Morgan fingerprint density at radius 2 is 1.46 bits per heavy atom. The highest BCUT2D eigenvalue weighted by Gasteiger charge is 2.19. The Labute approximate surface area is 171 Å². The first-order valence-corrected chi connectivity index (χ1v) is 11.1. The highest BCUT2D eigenvalue weighted by Crippen LogP contribution is 2.31. The first kappa shape index (κ1) is 20.5. The Morgan fingerprint density at radius 3 is 2.07 bits per heavy atom. The van der Waals surface area contributed by atoms with Crippen LogP contribution in [0.3, 0.4) is 0 Å². The summed E-state index contributed by atoms with van der Waals surface area (Å²) >= 11 is 0. The maximum atomic E-state index is 5.52. The second-order valence-corrected chi connectivity index (χ2v) is 8.02. The average molecular weight is 375 g/mol. The van der Waals surface area contributed by atoms with Gasteiger partial charge in [0.15, 0.2) is 0 Å². The smallest absolute Gasteiger partial charge is 0.119 e. The van der Waals surface area contributed by atoms with Crippen molar-refractivity contribution in [1.82, 2.24) is 0 Å². The fraction of sp³-hybridized carbons (Fsp3) is 0.481. The molecule has 0 heterocycles. The van der Waals surface area contributed by atoms with Crippen molar-refractivity contribution in [3.05, 3.63) is 54.1 Å². The van der Waals surface area contributed by atoms with E-state index in [0.717, 1.165) is 17.2 Å². The molecule has 0 N–H and O–H groups in total. The van der Waals surface area contributed by atoms with Gasteiger partial charge in [-0.05, 0) is 73.9 Å². The van der Waals surface area contributed by atoms with Gasteiger partial charge in [0.05, 0.1) is 6.61 Å². The van der Waals surface area contributed by atoms with Crippen LogP contribution < -0.4 is 4.74 Å². The third-order valence-electron chi connectivity index (χ3n) is 5.87. The summed E-state index contributed by atoms with van der Waals surface area (Å²) in [7, 11) is 0. The van der Waals surface area contributed by atoms with Crippen LogP contribution >= 0.6 is 0 Å². The molecule has 0 spiro atoms.